The average Bonchev–Trinajstić information content (AvgIpc) is 3.95. The van der Waals surface area contributed by atoms with Gasteiger partial charge in [-0.05, 0) is 125 Å². The number of nitrogens with zero attached hydrogens (tertiary/aromatic N) is 2. The van der Waals surface area contributed by atoms with Crippen molar-refractivity contribution in [3.63, 3.8) is 0 Å². The molecule has 4 heterocycles. The molecule has 0 unspecified atom stereocenters. The van der Waals surface area contributed by atoms with Gasteiger partial charge in [-0.25, -0.2) is 0 Å². The lowest BCUT2D eigenvalue weighted by molar-refractivity contribution is 0.668. The van der Waals surface area contributed by atoms with E-state index >= 15 is 0 Å². The maximum absolute atomic E-state index is 6.83. The molecule has 318 valence electrons. The Morgan fingerprint density at radius 1 is 0.358 bits per heavy atom. The lowest BCUT2D eigenvalue weighted by atomic mass is 9.33. The monoisotopic (exact) mass is 860 g/mol. The Bertz CT molecular complexity index is 3600. The van der Waals surface area contributed by atoms with Gasteiger partial charge < -0.3 is 18.6 Å². The SMILES string of the molecule is c1ccc(-c2ccc3c(c2N2c4cc5oc6ccccc6c5cc4B4c5cc6c(cc5N(c5c(-c7ccccc7)ccc7c5CCCC7)c5cccc2c54)oc2ccccc26)CCCC3)cc1. The third-order valence-electron chi connectivity index (χ3n) is 15.6. The van der Waals surface area contributed by atoms with E-state index in [0.29, 0.717) is 0 Å². The molecule has 15 rings (SSSR count). The molecule has 2 aromatic heterocycles. The molecule has 4 aliphatic rings. The molecule has 9 aromatic carbocycles. The van der Waals surface area contributed by atoms with Crippen LogP contribution in [0.25, 0.3) is 66.1 Å². The van der Waals surface area contributed by atoms with Gasteiger partial charge in [0.15, 0.2) is 0 Å². The predicted octanol–water partition coefficient (Wildman–Crippen LogP) is 14.7. The van der Waals surface area contributed by atoms with Crippen molar-refractivity contribution in [1.82, 2.24) is 0 Å². The zero-order valence-corrected chi connectivity index (χ0v) is 37.2. The molecule has 5 heteroatoms. The fourth-order valence-corrected chi connectivity index (χ4v) is 12.7. The van der Waals surface area contributed by atoms with E-state index < -0.39 is 0 Å². The van der Waals surface area contributed by atoms with Crippen LogP contribution in [0.4, 0.5) is 34.1 Å². The first kappa shape index (κ1) is 37.5. The summed E-state index contributed by atoms with van der Waals surface area (Å²) < 4.78 is 13.7. The molecule has 0 fully saturated rings. The summed E-state index contributed by atoms with van der Waals surface area (Å²) >= 11 is 0. The Hall–Kier alpha value is -7.76. The fraction of sp³-hybridized carbons (Fsp3) is 0.129. The van der Waals surface area contributed by atoms with Gasteiger partial charge in [0.2, 0.25) is 0 Å². The molecule has 0 bridgehead atoms. The first-order valence-corrected chi connectivity index (χ1v) is 24.3. The van der Waals surface area contributed by atoms with Crippen LogP contribution in [0.5, 0.6) is 0 Å². The van der Waals surface area contributed by atoms with E-state index in [1.165, 1.54) is 121 Å². The highest BCUT2D eigenvalue weighted by Gasteiger charge is 2.46. The van der Waals surface area contributed by atoms with E-state index in [2.05, 4.69) is 186 Å². The van der Waals surface area contributed by atoms with Gasteiger partial charge in [0.1, 0.15) is 22.3 Å². The minimum atomic E-state index is -0.0840. The molecular weight excluding hydrogens is 816 g/mol. The Morgan fingerprint density at radius 2 is 0.806 bits per heavy atom. The average molecular weight is 861 g/mol. The van der Waals surface area contributed by atoms with Crippen LogP contribution in [-0.4, -0.2) is 6.71 Å². The smallest absolute Gasteiger partial charge is 0.252 e. The van der Waals surface area contributed by atoms with Gasteiger partial charge >= 0.3 is 0 Å². The van der Waals surface area contributed by atoms with Crippen LogP contribution >= 0.6 is 0 Å². The van der Waals surface area contributed by atoms with E-state index in [1.54, 1.807) is 0 Å². The second-order valence-corrected chi connectivity index (χ2v) is 19.2. The second-order valence-electron chi connectivity index (χ2n) is 19.2. The Morgan fingerprint density at radius 3 is 1.30 bits per heavy atom. The van der Waals surface area contributed by atoms with Crippen LogP contribution in [0.2, 0.25) is 0 Å². The van der Waals surface area contributed by atoms with Crippen molar-refractivity contribution >= 4 is 101 Å². The highest BCUT2D eigenvalue weighted by Crippen LogP contribution is 2.53. The van der Waals surface area contributed by atoms with Crippen molar-refractivity contribution in [2.24, 2.45) is 0 Å². The highest BCUT2D eigenvalue weighted by atomic mass is 16.3. The first-order valence-electron chi connectivity index (χ1n) is 24.3. The van der Waals surface area contributed by atoms with Gasteiger partial charge in [0, 0.05) is 67.6 Å². The highest BCUT2D eigenvalue weighted by molar-refractivity contribution is 7.00. The third-order valence-corrected chi connectivity index (χ3v) is 15.6. The van der Waals surface area contributed by atoms with Gasteiger partial charge in [-0.1, -0.05) is 140 Å². The quantitative estimate of drug-likeness (QED) is 0.165. The number of benzene rings is 9. The lowest BCUT2D eigenvalue weighted by Crippen LogP contribution is -2.61. The van der Waals surface area contributed by atoms with Gasteiger partial charge in [0.05, 0.1) is 11.4 Å². The molecule has 0 N–H and O–H groups in total. The minimum absolute atomic E-state index is 0.0840. The molecule has 0 radical (unpaired) electrons. The molecule has 0 atom stereocenters. The Balaban J connectivity index is 1.11. The first-order chi connectivity index (χ1) is 33.2. The Kier molecular flexibility index (Phi) is 8.04. The summed E-state index contributed by atoms with van der Waals surface area (Å²) in [5.74, 6) is 0. The maximum atomic E-state index is 6.83. The van der Waals surface area contributed by atoms with Crippen LogP contribution in [0.1, 0.15) is 47.9 Å². The summed E-state index contributed by atoms with van der Waals surface area (Å²) in [6, 6.07) is 65.7. The van der Waals surface area contributed by atoms with Crippen molar-refractivity contribution in [1.29, 1.82) is 0 Å². The van der Waals surface area contributed by atoms with Crippen molar-refractivity contribution in [2.75, 3.05) is 9.80 Å². The number of rotatable bonds is 4. The number of aryl methyl sites for hydroxylation is 2. The van der Waals surface area contributed by atoms with Gasteiger partial charge in [-0.2, -0.15) is 0 Å². The fourth-order valence-electron chi connectivity index (χ4n) is 12.7. The van der Waals surface area contributed by atoms with Gasteiger partial charge in [-0.15, -0.1) is 0 Å². The largest absolute Gasteiger partial charge is 0.456 e. The zero-order chi connectivity index (χ0) is 43.7. The maximum Gasteiger partial charge on any atom is 0.252 e. The van der Waals surface area contributed by atoms with E-state index in [-0.39, 0.29) is 6.71 Å². The standard InChI is InChI=1S/C62H45BN2O2/c1-3-16-38(17-4-1)44-32-30-40-20-7-9-22-42(40)61(44)64-52-26-15-27-53-60(52)63(50-34-48-46-24-11-13-28-56(46)66-58(48)36-54(50)64)51-35-49-47-25-12-14-29-57(47)67-59(49)37-55(51)65(53)62-43-23-10-8-21-41(43)31-33-45(62)39-18-5-2-6-19-39/h1-6,11-19,24-37H,7-10,20-23H2. The molecule has 0 saturated heterocycles. The molecular formula is C62H45BN2O2. The van der Waals surface area contributed by atoms with Crippen molar-refractivity contribution in [2.45, 2.75) is 51.4 Å². The van der Waals surface area contributed by atoms with Crippen LogP contribution < -0.4 is 26.2 Å². The normalized spacial score (nSPS) is 14.9. The van der Waals surface area contributed by atoms with Gasteiger partial charge in [-0.3, -0.25) is 0 Å². The summed E-state index contributed by atoms with van der Waals surface area (Å²) in [7, 11) is 0. The number of fused-ring (bicyclic) bond motifs is 12. The molecule has 2 aliphatic heterocycles. The molecule has 4 nitrogen and oxygen atoms in total. The minimum Gasteiger partial charge on any atom is -0.456 e. The summed E-state index contributed by atoms with van der Waals surface area (Å²) in [5.41, 5.74) is 25.8. The Labute approximate surface area is 389 Å². The number of hydrogen-bond donors (Lipinski definition) is 0. The molecule has 0 amide bonds. The van der Waals surface area contributed by atoms with Crippen molar-refractivity contribution in [3.8, 4) is 22.3 Å². The molecule has 0 spiro atoms. The number of furan rings is 2. The second kappa shape index (κ2) is 14.4. The molecule has 0 saturated carbocycles. The number of hydrogen-bond acceptors (Lipinski definition) is 4. The van der Waals surface area contributed by atoms with E-state index in [9.17, 15) is 0 Å². The van der Waals surface area contributed by atoms with Crippen LogP contribution in [0.3, 0.4) is 0 Å². The van der Waals surface area contributed by atoms with Crippen LogP contribution in [-0.2, 0) is 25.7 Å². The van der Waals surface area contributed by atoms with E-state index in [4.69, 9.17) is 8.83 Å². The third kappa shape index (κ3) is 5.43. The topological polar surface area (TPSA) is 32.8 Å². The van der Waals surface area contributed by atoms with Crippen molar-refractivity contribution in [3.05, 3.63) is 198 Å². The van der Waals surface area contributed by atoms with Crippen molar-refractivity contribution < 1.29 is 8.83 Å². The number of anilines is 6. The summed E-state index contributed by atoms with van der Waals surface area (Å²) in [4.78, 5) is 5.33. The van der Waals surface area contributed by atoms with Gasteiger partial charge in [0.25, 0.3) is 6.71 Å². The van der Waals surface area contributed by atoms with Crippen LogP contribution in [0.15, 0.2) is 185 Å². The summed E-state index contributed by atoms with van der Waals surface area (Å²) in [6.07, 6.45) is 9.04. The molecule has 67 heavy (non-hydrogen) atoms. The number of para-hydroxylation sites is 2. The molecule has 2 aliphatic carbocycles. The van der Waals surface area contributed by atoms with E-state index in [0.717, 1.165) is 69.6 Å². The zero-order valence-electron chi connectivity index (χ0n) is 37.2. The predicted molar refractivity (Wildman–Crippen MR) is 279 cm³/mol. The lowest BCUT2D eigenvalue weighted by Gasteiger charge is -2.46. The van der Waals surface area contributed by atoms with E-state index in [1.807, 2.05) is 0 Å². The summed E-state index contributed by atoms with van der Waals surface area (Å²) in [5, 5.41) is 4.59. The van der Waals surface area contributed by atoms with Crippen LogP contribution in [0, 0.1) is 0 Å². The molecule has 11 aromatic rings. The summed E-state index contributed by atoms with van der Waals surface area (Å²) in [6.45, 7) is -0.0840.